The van der Waals surface area contributed by atoms with Crippen LogP contribution in [0.5, 0.6) is 0 Å². The summed E-state index contributed by atoms with van der Waals surface area (Å²) in [6.45, 7) is 4.62. The minimum atomic E-state index is -0.279. The topological polar surface area (TPSA) is 74.8 Å². The van der Waals surface area contributed by atoms with Gasteiger partial charge in [-0.2, -0.15) is 0 Å². The van der Waals surface area contributed by atoms with Crippen molar-refractivity contribution in [1.29, 1.82) is 0 Å². The maximum atomic E-state index is 13.5. The highest BCUT2D eigenvalue weighted by Gasteiger charge is 2.36. The predicted octanol–water partition coefficient (Wildman–Crippen LogP) is 6.14. The summed E-state index contributed by atoms with van der Waals surface area (Å²) in [6, 6.07) is 15.0. The van der Waals surface area contributed by atoms with Crippen LogP contribution in [0.2, 0.25) is 0 Å². The van der Waals surface area contributed by atoms with Crippen molar-refractivity contribution in [3.63, 3.8) is 0 Å². The lowest BCUT2D eigenvalue weighted by molar-refractivity contribution is 0.0597. The van der Waals surface area contributed by atoms with Gasteiger partial charge in [-0.05, 0) is 69.9 Å². The maximum Gasteiger partial charge on any atom is 0.261 e. The number of rotatable bonds is 5. The predicted molar refractivity (Wildman–Crippen MR) is 144 cm³/mol. The van der Waals surface area contributed by atoms with Gasteiger partial charge in [-0.1, -0.05) is 44.0 Å². The van der Waals surface area contributed by atoms with Gasteiger partial charge >= 0.3 is 0 Å². The van der Waals surface area contributed by atoms with Gasteiger partial charge in [0.1, 0.15) is 0 Å². The number of hydrogen-bond acceptors (Lipinski definition) is 4. The first kappa shape index (κ1) is 21.9. The minimum Gasteiger partial charge on any atom is -0.275 e. The molecule has 182 valence electrons. The van der Waals surface area contributed by atoms with E-state index in [0.29, 0.717) is 46.1 Å². The van der Waals surface area contributed by atoms with Gasteiger partial charge in [0.25, 0.3) is 23.6 Å². The van der Waals surface area contributed by atoms with E-state index in [2.05, 4.69) is 6.92 Å². The highest BCUT2D eigenvalue weighted by molar-refractivity contribution is 6.41. The second-order valence-electron chi connectivity index (χ2n) is 9.97. The van der Waals surface area contributed by atoms with Crippen molar-refractivity contribution in [2.24, 2.45) is 0 Å². The van der Waals surface area contributed by atoms with Gasteiger partial charge < -0.3 is 0 Å². The standard InChI is InChI=1S/C31H24N2O4/c1-3-5-6-15-33-30(36)22-13-9-18-16-7-11-20-26-21(29(35)32(4-2)28(20)34)12-8-17(24(16)26)19-10-14-23(31(33)37)27(22)25(18)19/h7-14H,3-6,15H2,1-2H3. The molecule has 2 heterocycles. The number of imide groups is 2. The van der Waals surface area contributed by atoms with Gasteiger partial charge in [-0.25, -0.2) is 0 Å². The fraction of sp³-hybridized carbons (Fsp3) is 0.226. The highest BCUT2D eigenvalue weighted by atomic mass is 16.2. The van der Waals surface area contributed by atoms with Crippen LogP contribution in [0.3, 0.4) is 0 Å². The molecule has 0 aliphatic carbocycles. The molecule has 5 aromatic carbocycles. The zero-order valence-electron chi connectivity index (χ0n) is 20.7. The van der Waals surface area contributed by atoms with Crippen LogP contribution in [0.4, 0.5) is 0 Å². The van der Waals surface area contributed by atoms with E-state index in [9.17, 15) is 19.2 Å². The van der Waals surface area contributed by atoms with Gasteiger partial charge in [0.05, 0.1) is 0 Å². The van der Waals surface area contributed by atoms with Crippen LogP contribution in [0.25, 0.3) is 43.1 Å². The third-order valence-corrected chi connectivity index (χ3v) is 8.11. The molecule has 0 atom stereocenters. The van der Waals surface area contributed by atoms with Crippen LogP contribution < -0.4 is 0 Å². The highest BCUT2D eigenvalue weighted by Crippen LogP contribution is 2.46. The SMILES string of the molecule is CCCCCN1C(=O)c2ccc3c4ccc5c6c(ccc(c7ccc(c2c37)C1=O)c64)C(=O)N(CC)C5=O. The number of carbonyl (C=O) groups is 4. The molecule has 0 bridgehead atoms. The number of carbonyl (C=O) groups excluding carboxylic acids is 4. The average Bonchev–Trinajstić information content (AvgIpc) is 2.91. The first-order chi connectivity index (χ1) is 18.0. The Morgan fingerprint density at radius 3 is 1.22 bits per heavy atom. The normalized spacial score (nSPS) is 15.4. The number of hydrogen-bond donors (Lipinski definition) is 0. The number of fused-ring (bicyclic) bond motifs is 2. The molecule has 0 fully saturated rings. The monoisotopic (exact) mass is 488 g/mol. The Morgan fingerprint density at radius 2 is 0.865 bits per heavy atom. The second kappa shape index (κ2) is 7.59. The molecular weight excluding hydrogens is 464 g/mol. The van der Waals surface area contributed by atoms with Gasteiger partial charge in [-0.15, -0.1) is 0 Å². The smallest absolute Gasteiger partial charge is 0.261 e. The molecular formula is C31H24N2O4. The minimum absolute atomic E-state index is 0.246. The molecule has 0 saturated heterocycles. The molecule has 6 nitrogen and oxygen atoms in total. The van der Waals surface area contributed by atoms with E-state index in [-0.39, 0.29) is 23.6 Å². The molecule has 5 aromatic rings. The zero-order chi connectivity index (χ0) is 25.6. The summed E-state index contributed by atoms with van der Waals surface area (Å²) < 4.78 is 0. The van der Waals surface area contributed by atoms with Crippen LogP contribution >= 0.6 is 0 Å². The number of nitrogens with zero attached hydrogens (tertiary/aromatic N) is 2. The lowest BCUT2D eigenvalue weighted by Crippen LogP contribution is -2.41. The molecule has 2 aliphatic rings. The fourth-order valence-corrected chi connectivity index (χ4v) is 6.38. The Balaban J connectivity index is 1.56. The number of amides is 4. The van der Waals surface area contributed by atoms with E-state index in [1.165, 1.54) is 9.80 Å². The van der Waals surface area contributed by atoms with E-state index in [4.69, 9.17) is 0 Å². The third kappa shape index (κ3) is 2.65. The molecule has 0 saturated carbocycles. The number of unbranched alkanes of at least 4 members (excludes halogenated alkanes) is 2. The van der Waals surface area contributed by atoms with Gasteiger partial charge in [-0.3, -0.25) is 29.0 Å². The Kier molecular flexibility index (Phi) is 4.50. The first-order valence-electron chi connectivity index (χ1n) is 12.9. The van der Waals surface area contributed by atoms with Crippen molar-refractivity contribution in [1.82, 2.24) is 9.80 Å². The van der Waals surface area contributed by atoms with E-state index in [1.807, 2.05) is 36.4 Å². The first-order valence-corrected chi connectivity index (χ1v) is 12.9. The van der Waals surface area contributed by atoms with Crippen LogP contribution in [0.1, 0.15) is 74.5 Å². The lowest BCUT2D eigenvalue weighted by atomic mass is 9.82. The van der Waals surface area contributed by atoms with Crippen LogP contribution in [-0.4, -0.2) is 46.5 Å². The van der Waals surface area contributed by atoms with Gasteiger partial charge in [0.2, 0.25) is 0 Å². The molecule has 4 amide bonds. The summed E-state index contributed by atoms with van der Waals surface area (Å²) in [5, 5.41) is 6.75. The van der Waals surface area contributed by atoms with Crippen LogP contribution in [0.15, 0.2) is 48.5 Å². The van der Waals surface area contributed by atoms with E-state index < -0.39 is 0 Å². The van der Waals surface area contributed by atoms with Crippen molar-refractivity contribution >= 4 is 66.7 Å². The quantitative estimate of drug-likeness (QED) is 0.129. The van der Waals surface area contributed by atoms with Crippen LogP contribution in [-0.2, 0) is 0 Å². The molecule has 0 radical (unpaired) electrons. The fourth-order valence-electron chi connectivity index (χ4n) is 6.38. The van der Waals surface area contributed by atoms with E-state index in [1.54, 1.807) is 19.1 Å². The summed E-state index contributed by atoms with van der Waals surface area (Å²) in [5.41, 5.74) is 2.15. The number of benzene rings is 5. The molecule has 2 aliphatic heterocycles. The lowest BCUT2D eigenvalue weighted by Gasteiger charge is -2.29. The molecule has 0 N–H and O–H groups in total. The van der Waals surface area contributed by atoms with Crippen molar-refractivity contribution in [3.05, 3.63) is 70.8 Å². The Bertz CT molecular complexity index is 1750. The van der Waals surface area contributed by atoms with Crippen molar-refractivity contribution in [3.8, 4) is 0 Å². The summed E-state index contributed by atoms with van der Waals surface area (Å²) in [7, 11) is 0. The Hall–Kier alpha value is -4.32. The summed E-state index contributed by atoms with van der Waals surface area (Å²) >= 11 is 0. The molecule has 6 heteroatoms. The van der Waals surface area contributed by atoms with Gasteiger partial charge in [0.15, 0.2) is 0 Å². The molecule has 0 spiro atoms. The second-order valence-corrected chi connectivity index (χ2v) is 9.97. The maximum absolute atomic E-state index is 13.5. The summed E-state index contributed by atoms with van der Waals surface area (Å²) in [4.78, 5) is 55.9. The van der Waals surface area contributed by atoms with Crippen molar-refractivity contribution in [2.45, 2.75) is 33.1 Å². The third-order valence-electron chi connectivity index (χ3n) is 8.11. The molecule has 0 aromatic heterocycles. The largest absolute Gasteiger partial charge is 0.275 e. The Morgan fingerprint density at radius 1 is 0.486 bits per heavy atom. The van der Waals surface area contributed by atoms with Crippen molar-refractivity contribution in [2.75, 3.05) is 13.1 Å². The van der Waals surface area contributed by atoms with E-state index in [0.717, 1.165) is 51.6 Å². The van der Waals surface area contributed by atoms with Crippen LogP contribution in [0, 0.1) is 0 Å². The molecule has 7 rings (SSSR count). The molecule has 0 unspecified atom stereocenters. The van der Waals surface area contributed by atoms with E-state index >= 15 is 0 Å². The van der Waals surface area contributed by atoms with Gasteiger partial charge in [0, 0.05) is 46.1 Å². The summed E-state index contributed by atoms with van der Waals surface area (Å²) in [5.74, 6) is -1.05. The average molecular weight is 489 g/mol. The summed E-state index contributed by atoms with van der Waals surface area (Å²) in [6.07, 6.45) is 2.76. The zero-order valence-corrected chi connectivity index (χ0v) is 20.7. The Labute approximate surface area is 212 Å². The molecule has 37 heavy (non-hydrogen) atoms. The van der Waals surface area contributed by atoms with Crippen molar-refractivity contribution < 1.29 is 19.2 Å².